The molecule has 0 radical (unpaired) electrons. The summed E-state index contributed by atoms with van der Waals surface area (Å²) in [5, 5.41) is 12.9. The van der Waals surface area contributed by atoms with E-state index in [1.807, 2.05) is 0 Å². The second-order valence-corrected chi connectivity index (χ2v) is 13.4. The van der Waals surface area contributed by atoms with E-state index in [4.69, 9.17) is 11.6 Å². The standard InChI is InChI=1S/C31H24ClF3N4O4S2/c32-25-13-4-2-9-20(25)17-27-29(41)39(26-14-5-3-12-24(26)31(33,34)35)30(44-27)23(19-36)28(40)37-21-10-8-11-22(18-21)45(42,43)38-15-6-1-7-16-38/h2-5,8-14,17-18H,1,6-7,15-16H2,(H,37,40). The zero-order valence-corrected chi connectivity index (χ0v) is 25.7. The molecule has 4 aromatic rings. The average Bonchev–Trinajstić information content (AvgIpc) is 3.33. The lowest BCUT2D eigenvalue weighted by molar-refractivity contribution is -0.137. The molecule has 2 heterocycles. The number of sulfonamides is 1. The van der Waals surface area contributed by atoms with Gasteiger partial charge in [0.1, 0.15) is 10.7 Å². The molecule has 5 rings (SSSR count). The molecular formula is C31H24ClF3N4O4S2. The minimum atomic E-state index is -4.86. The molecule has 1 saturated heterocycles. The molecule has 0 spiro atoms. The highest BCUT2D eigenvalue weighted by molar-refractivity contribution is 7.89. The SMILES string of the molecule is N#CC(C(=O)Nc1cccc(S(=O)(=O)N2CCCCC2)c1)=c1sc(=Cc2ccccc2Cl)c(=O)n1-c1ccccc1C(F)(F)F. The maximum absolute atomic E-state index is 14.1. The lowest BCUT2D eigenvalue weighted by Crippen LogP contribution is -2.35. The molecule has 0 aliphatic carbocycles. The van der Waals surface area contributed by atoms with Crippen molar-refractivity contribution in [2.75, 3.05) is 18.4 Å². The molecule has 1 fully saturated rings. The second kappa shape index (κ2) is 13.0. The second-order valence-electron chi connectivity index (χ2n) is 10.0. The number of piperidine rings is 1. The van der Waals surface area contributed by atoms with Gasteiger partial charge in [-0.05, 0) is 60.9 Å². The van der Waals surface area contributed by atoms with Gasteiger partial charge < -0.3 is 5.32 Å². The zero-order chi connectivity index (χ0) is 32.4. The smallest absolute Gasteiger partial charge is 0.321 e. The van der Waals surface area contributed by atoms with Gasteiger partial charge in [0.15, 0.2) is 5.57 Å². The maximum Gasteiger partial charge on any atom is 0.418 e. The largest absolute Gasteiger partial charge is 0.418 e. The number of anilines is 1. The van der Waals surface area contributed by atoms with Crippen LogP contribution in [-0.4, -0.2) is 36.3 Å². The van der Waals surface area contributed by atoms with Gasteiger partial charge in [-0.2, -0.15) is 22.7 Å². The number of rotatable bonds is 6. The first-order valence-electron chi connectivity index (χ1n) is 13.6. The van der Waals surface area contributed by atoms with Crippen LogP contribution in [0.1, 0.15) is 30.4 Å². The van der Waals surface area contributed by atoms with Crippen LogP contribution in [-0.2, 0) is 21.0 Å². The fourth-order valence-corrected chi connectivity index (χ4v) is 7.73. The summed E-state index contributed by atoms with van der Waals surface area (Å²) in [5.41, 5.74) is -2.84. The number of carbonyl (C=O) groups is 1. The Kier molecular flexibility index (Phi) is 9.31. The number of hydrogen-bond acceptors (Lipinski definition) is 6. The van der Waals surface area contributed by atoms with Crippen molar-refractivity contribution in [1.82, 2.24) is 8.87 Å². The third-order valence-corrected chi connectivity index (χ3v) is 10.4. The van der Waals surface area contributed by atoms with Gasteiger partial charge >= 0.3 is 6.18 Å². The summed E-state index contributed by atoms with van der Waals surface area (Å²) >= 11 is 6.90. The van der Waals surface area contributed by atoms with E-state index in [0.29, 0.717) is 34.6 Å². The molecule has 14 heteroatoms. The summed E-state index contributed by atoms with van der Waals surface area (Å²) < 4.78 is 70.2. The average molecular weight is 673 g/mol. The van der Waals surface area contributed by atoms with Crippen LogP contribution >= 0.6 is 22.9 Å². The molecule has 1 amide bonds. The summed E-state index contributed by atoms with van der Waals surface area (Å²) in [6.07, 6.45) is -1.11. The Morgan fingerprint density at radius 2 is 1.69 bits per heavy atom. The Morgan fingerprint density at radius 1 is 1.00 bits per heavy atom. The Labute approximate surface area is 265 Å². The molecule has 45 heavy (non-hydrogen) atoms. The fraction of sp³-hybridized carbons (Fsp3) is 0.194. The summed E-state index contributed by atoms with van der Waals surface area (Å²) in [4.78, 5) is 27.1. The Morgan fingerprint density at radius 3 is 2.38 bits per heavy atom. The van der Waals surface area contributed by atoms with Crippen LogP contribution in [0.25, 0.3) is 17.3 Å². The molecule has 3 aromatic carbocycles. The molecule has 0 atom stereocenters. The van der Waals surface area contributed by atoms with E-state index in [1.54, 1.807) is 30.3 Å². The van der Waals surface area contributed by atoms with Crippen molar-refractivity contribution in [3.63, 3.8) is 0 Å². The van der Waals surface area contributed by atoms with Crippen LogP contribution in [0.4, 0.5) is 18.9 Å². The fourth-order valence-electron chi connectivity index (χ4n) is 4.89. The van der Waals surface area contributed by atoms with Crippen LogP contribution in [0.5, 0.6) is 0 Å². The van der Waals surface area contributed by atoms with Crippen molar-refractivity contribution in [2.24, 2.45) is 0 Å². The number of nitrogens with one attached hydrogen (secondary N) is 1. The lowest BCUT2D eigenvalue weighted by atomic mass is 10.1. The molecule has 1 N–H and O–H groups in total. The topological polar surface area (TPSA) is 112 Å². The first-order valence-corrected chi connectivity index (χ1v) is 16.3. The third-order valence-electron chi connectivity index (χ3n) is 7.06. The summed E-state index contributed by atoms with van der Waals surface area (Å²) in [7, 11) is -3.85. The monoisotopic (exact) mass is 672 g/mol. The lowest BCUT2D eigenvalue weighted by Gasteiger charge is -2.26. The number of nitriles is 1. The number of thiazole rings is 1. The van der Waals surface area contributed by atoms with Crippen molar-refractivity contribution in [2.45, 2.75) is 30.3 Å². The Bertz CT molecular complexity index is 2110. The first kappa shape index (κ1) is 32.2. The van der Waals surface area contributed by atoms with Gasteiger partial charge in [0, 0.05) is 23.8 Å². The Hall–Kier alpha value is -4.22. The van der Waals surface area contributed by atoms with Crippen molar-refractivity contribution >= 4 is 56.2 Å². The normalized spacial score (nSPS) is 15.4. The molecule has 0 saturated carbocycles. The highest BCUT2D eigenvalue weighted by Crippen LogP contribution is 2.33. The number of aromatic nitrogens is 1. The minimum Gasteiger partial charge on any atom is -0.321 e. The van der Waals surface area contributed by atoms with E-state index in [1.165, 1.54) is 40.7 Å². The molecule has 1 aliphatic rings. The minimum absolute atomic E-state index is 0.0369. The number of benzene rings is 3. The number of para-hydroxylation sites is 1. The number of carbonyl (C=O) groups excluding carboxylic acids is 1. The van der Waals surface area contributed by atoms with Crippen molar-refractivity contribution in [1.29, 1.82) is 5.26 Å². The summed E-state index contributed by atoms with van der Waals surface area (Å²) in [6.45, 7) is 0.738. The Balaban J connectivity index is 1.67. The molecule has 0 unspecified atom stereocenters. The van der Waals surface area contributed by atoms with Gasteiger partial charge in [-0.25, -0.2) is 8.42 Å². The molecule has 1 aromatic heterocycles. The number of amides is 1. The quantitative estimate of drug-likeness (QED) is 0.314. The van der Waals surface area contributed by atoms with Crippen LogP contribution in [0.3, 0.4) is 0 Å². The number of nitrogens with zero attached hydrogens (tertiary/aromatic N) is 3. The van der Waals surface area contributed by atoms with E-state index in [9.17, 15) is 36.4 Å². The predicted octanol–water partition coefficient (Wildman–Crippen LogP) is 4.89. The van der Waals surface area contributed by atoms with Crippen molar-refractivity contribution in [3.05, 3.63) is 108 Å². The predicted molar refractivity (Wildman–Crippen MR) is 166 cm³/mol. The van der Waals surface area contributed by atoms with Gasteiger partial charge in [-0.15, -0.1) is 11.3 Å². The number of hydrogen-bond donors (Lipinski definition) is 1. The summed E-state index contributed by atoms with van der Waals surface area (Å²) in [6, 6.07) is 18.0. The molecule has 232 valence electrons. The van der Waals surface area contributed by atoms with Crippen LogP contribution in [0, 0.1) is 11.3 Å². The van der Waals surface area contributed by atoms with E-state index in [2.05, 4.69) is 5.32 Å². The van der Waals surface area contributed by atoms with Crippen molar-refractivity contribution in [3.8, 4) is 11.8 Å². The zero-order valence-electron chi connectivity index (χ0n) is 23.3. The molecule has 1 aliphatic heterocycles. The maximum atomic E-state index is 14.1. The molecular weight excluding hydrogens is 649 g/mol. The van der Waals surface area contributed by atoms with Crippen LogP contribution in [0.15, 0.2) is 82.5 Å². The number of halogens is 4. The van der Waals surface area contributed by atoms with Gasteiger partial charge in [-0.3, -0.25) is 14.2 Å². The highest BCUT2D eigenvalue weighted by Gasteiger charge is 2.35. The van der Waals surface area contributed by atoms with Crippen molar-refractivity contribution < 1.29 is 26.4 Å². The van der Waals surface area contributed by atoms with Gasteiger partial charge in [0.05, 0.1) is 20.7 Å². The van der Waals surface area contributed by atoms with E-state index in [-0.39, 0.29) is 24.8 Å². The number of alkyl halides is 3. The third kappa shape index (κ3) is 6.74. The van der Waals surface area contributed by atoms with Gasteiger partial charge in [0.25, 0.3) is 11.5 Å². The van der Waals surface area contributed by atoms with E-state index < -0.39 is 44.5 Å². The van der Waals surface area contributed by atoms with Gasteiger partial charge in [0.2, 0.25) is 10.0 Å². The molecule has 8 nitrogen and oxygen atoms in total. The van der Waals surface area contributed by atoms with Crippen LogP contribution in [0.2, 0.25) is 5.02 Å². The molecule has 0 bridgehead atoms. The van der Waals surface area contributed by atoms with Crippen LogP contribution < -0.4 is 20.1 Å². The van der Waals surface area contributed by atoms with E-state index >= 15 is 0 Å². The highest BCUT2D eigenvalue weighted by atomic mass is 35.5. The van der Waals surface area contributed by atoms with E-state index in [0.717, 1.165) is 37.5 Å². The first-order chi connectivity index (χ1) is 21.4. The summed E-state index contributed by atoms with van der Waals surface area (Å²) in [5.74, 6) is -1.05. The van der Waals surface area contributed by atoms with Gasteiger partial charge in [-0.1, -0.05) is 54.4 Å².